The molecule has 2 aromatic rings. The van der Waals surface area contributed by atoms with Crippen molar-refractivity contribution in [1.82, 2.24) is 0 Å². The molecule has 1 aromatic carbocycles. The third-order valence-corrected chi connectivity index (χ3v) is 3.76. The second-order valence-corrected chi connectivity index (χ2v) is 5.72. The summed E-state index contributed by atoms with van der Waals surface area (Å²) in [6.45, 7) is 2.19. The zero-order valence-corrected chi connectivity index (χ0v) is 11.4. The van der Waals surface area contributed by atoms with Crippen LogP contribution in [-0.4, -0.2) is 5.78 Å². The minimum atomic E-state index is -0.0321. The van der Waals surface area contributed by atoms with Crippen molar-refractivity contribution in [1.29, 1.82) is 0 Å². The molecule has 0 radical (unpaired) electrons. The van der Waals surface area contributed by atoms with Gasteiger partial charge in [0.05, 0.1) is 4.34 Å². The lowest BCUT2D eigenvalue weighted by Gasteiger charge is -2.08. The molecule has 0 spiro atoms. The Balaban J connectivity index is 2.10. The van der Waals surface area contributed by atoms with Crippen molar-refractivity contribution in [3.63, 3.8) is 0 Å². The van der Waals surface area contributed by atoms with E-state index in [-0.39, 0.29) is 5.78 Å². The van der Waals surface area contributed by atoms with Crippen molar-refractivity contribution < 1.29 is 4.79 Å². The molecular weight excluding hydrogens is 268 g/mol. The van der Waals surface area contributed by atoms with Crippen LogP contribution in [0.3, 0.4) is 0 Å². The second kappa shape index (κ2) is 5.42. The number of thiophene rings is 1. The molecule has 1 heterocycles. The fraction of sp³-hybridized carbons (Fsp3) is 0.154. The van der Waals surface area contributed by atoms with Gasteiger partial charge < -0.3 is 11.1 Å². The van der Waals surface area contributed by atoms with E-state index in [4.69, 9.17) is 17.3 Å². The number of ketones is 1. The monoisotopic (exact) mass is 280 g/mol. The summed E-state index contributed by atoms with van der Waals surface area (Å²) in [6, 6.07) is 9.21. The first-order valence-corrected chi connectivity index (χ1v) is 6.64. The molecule has 0 atom stereocenters. The van der Waals surface area contributed by atoms with E-state index < -0.39 is 0 Å². The van der Waals surface area contributed by atoms with Crippen LogP contribution in [0.25, 0.3) is 0 Å². The molecule has 0 aliphatic carbocycles. The SMILES string of the molecule is CC(=O)c1cc(NCc2ccc(Cl)s2)ccc1N. The number of carbonyl (C=O) groups excluding carboxylic acids is 1. The van der Waals surface area contributed by atoms with Gasteiger partial charge in [-0.05, 0) is 37.3 Å². The Kier molecular flexibility index (Phi) is 3.89. The molecule has 0 fully saturated rings. The lowest BCUT2D eigenvalue weighted by atomic mass is 10.1. The van der Waals surface area contributed by atoms with Gasteiger partial charge in [0.2, 0.25) is 0 Å². The quantitative estimate of drug-likeness (QED) is 0.662. The predicted molar refractivity (Wildman–Crippen MR) is 77.5 cm³/mol. The van der Waals surface area contributed by atoms with E-state index in [0.29, 0.717) is 17.8 Å². The molecule has 2 rings (SSSR count). The number of carbonyl (C=O) groups is 1. The number of nitrogens with one attached hydrogen (secondary N) is 1. The molecular formula is C13H13ClN2OS. The van der Waals surface area contributed by atoms with Crippen LogP contribution in [0, 0.1) is 0 Å². The number of halogens is 1. The third-order valence-electron chi connectivity index (χ3n) is 2.53. The highest BCUT2D eigenvalue weighted by atomic mass is 35.5. The van der Waals surface area contributed by atoms with Crippen molar-refractivity contribution in [3.05, 3.63) is 45.1 Å². The summed E-state index contributed by atoms with van der Waals surface area (Å²) in [5.41, 5.74) is 7.66. The van der Waals surface area contributed by atoms with Gasteiger partial charge in [-0.3, -0.25) is 4.79 Å². The molecule has 0 aliphatic rings. The van der Waals surface area contributed by atoms with E-state index in [2.05, 4.69) is 5.32 Å². The first kappa shape index (κ1) is 12.9. The van der Waals surface area contributed by atoms with Gasteiger partial charge in [0.25, 0.3) is 0 Å². The minimum Gasteiger partial charge on any atom is -0.398 e. The van der Waals surface area contributed by atoms with Crippen LogP contribution < -0.4 is 11.1 Å². The van der Waals surface area contributed by atoms with E-state index in [1.165, 1.54) is 18.3 Å². The molecule has 1 aromatic heterocycles. The van der Waals surface area contributed by atoms with Crippen LogP contribution in [0.2, 0.25) is 4.34 Å². The van der Waals surface area contributed by atoms with Gasteiger partial charge in [-0.25, -0.2) is 0 Å². The van der Waals surface area contributed by atoms with Crippen LogP contribution in [0.1, 0.15) is 22.2 Å². The van der Waals surface area contributed by atoms with Crippen molar-refractivity contribution in [2.75, 3.05) is 11.1 Å². The van der Waals surface area contributed by atoms with Gasteiger partial charge in [-0.15, -0.1) is 11.3 Å². The summed E-state index contributed by atoms with van der Waals surface area (Å²) < 4.78 is 0.772. The molecule has 18 heavy (non-hydrogen) atoms. The average Bonchev–Trinajstić information content (AvgIpc) is 2.74. The van der Waals surface area contributed by atoms with Crippen molar-refractivity contribution >= 4 is 40.1 Å². The van der Waals surface area contributed by atoms with E-state index >= 15 is 0 Å². The number of nitrogen functional groups attached to an aromatic ring is 1. The molecule has 5 heteroatoms. The zero-order valence-electron chi connectivity index (χ0n) is 9.87. The van der Waals surface area contributed by atoms with Crippen LogP contribution in [0.15, 0.2) is 30.3 Å². The highest BCUT2D eigenvalue weighted by Crippen LogP contribution is 2.23. The summed E-state index contributed by atoms with van der Waals surface area (Å²) in [5.74, 6) is -0.0321. The van der Waals surface area contributed by atoms with Crippen LogP contribution in [0.5, 0.6) is 0 Å². The standard InChI is InChI=1S/C13H13ClN2OS/c1-8(17)11-6-9(2-4-12(11)15)16-7-10-3-5-13(14)18-10/h2-6,16H,7,15H2,1H3. The molecule has 94 valence electrons. The van der Waals surface area contributed by atoms with Crippen LogP contribution in [-0.2, 0) is 6.54 Å². The summed E-state index contributed by atoms with van der Waals surface area (Å²) >= 11 is 7.39. The highest BCUT2D eigenvalue weighted by Gasteiger charge is 2.06. The first-order valence-electron chi connectivity index (χ1n) is 5.45. The van der Waals surface area contributed by atoms with Crippen molar-refractivity contribution in [2.24, 2.45) is 0 Å². The van der Waals surface area contributed by atoms with Gasteiger partial charge >= 0.3 is 0 Å². The minimum absolute atomic E-state index is 0.0321. The summed E-state index contributed by atoms with van der Waals surface area (Å²) in [6.07, 6.45) is 0. The first-order chi connectivity index (χ1) is 8.56. The van der Waals surface area contributed by atoms with Gasteiger partial charge in [-0.2, -0.15) is 0 Å². The number of benzene rings is 1. The molecule has 0 saturated heterocycles. The Labute approximate surface area is 115 Å². The van der Waals surface area contributed by atoms with Crippen molar-refractivity contribution in [2.45, 2.75) is 13.5 Å². The number of hydrogen-bond acceptors (Lipinski definition) is 4. The molecule has 3 N–H and O–H groups in total. The van der Waals surface area contributed by atoms with E-state index in [9.17, 15) is 4.79 Å². The Morgan fingerprint density at radius 2 is 2.17 bits per heavy atom. The Hall–Kier alpha value is -1.52. The van der Waals surface area contributed by atoms with E-state index in [1.54, 1.807) is 12.1 Å². The zero-order chi connectivity index (χ0) is 13.1. The van der Waals surface area contributed by atoms with E-state index in [0.717, 1.165) is 14.9 Å². The molecule has 0 unspecified atom stereocenters. The number of anilines is 2. The summed E-state index contributed by atoms with van der Waals surface area (Å²) in [7, 11) is 0. The second-order valence-electron chi connectivity index (χ2n) is 3.92. The van der Waals surface area contributed by atoms with Gasteiger partial charge in [-0.1, -0.05) is 11.6 Å². The maximum Gasteiger partial charge on any atom is 0.161 e. The Morgan fingerprint density at radius 3 is 2.78 bits per heavy atom. The normalized spacial score (nSPS) is 10.3. The van der Waals surface area contributed by atoms with Crippen molar-refractivity contribution in [3.8, 4) is 0 Å². The highest BCUT2D eigenvalue weighted by molar-refractivity contribution is 7.16. The smallest absolute Gasteiger partial charge is 0.161 e. The molecule has 0 saturated carbocycles. The average molecular weight is 281 g/mol. The molecule has 0 amide bonds. The summed E-state index contributed by atoms with van der Waals surface area (Å²) in [4.78, 5) is 12.5. The van der Waals surface area contributed by atoms with Crippen LogP contribution >= 0.6 is 22.9 Å². The fourth-order valence-electron chi connectivity index (χ4n) is 1.61. The van der Waals surface area contributed by atoms with Gasteiger partial charge in [0, 0.05) is 28.4 Å². The van der Waals surface area contributed by atoms with Gasteiger partial charge in [0.15, 0.2) is 5.78 Å². The fourth-order valence-corrected chi connectivity index (χ4v) is 2.63. The number of rotatable bonds is 4. The molecule has 3 nitrogen and oxygen atoms in total. The maximum atomic E-state index is 11.4. The molecule has 0 bridgehead atoms. The maximum absolute atomic E-state index is 11.4. The molecule has 0 aliphatic heterocycles. The lowest BCUT2D eigenvalue weighted by Crippen LogP contribution is -2.03. The Morgan fingerprint density at radius 1 is 1.39 bits per heavy atom. The number of Topliss-reactive ketones (excluding diaryl/α,β-unsaturated/α-hetero) is 1. The third kappa shape index (κ3) is 3.03. The number of nitrogens with two attached hydrogens (primary N) is 1. The topological polar surface area (TPSA) is 55.1 Å². The summed E-state index contributed by atoms with van der Waals surface area (Å²) in [5, 5.41) is 3.24. The Bertz CT molecular complexity index is 580. The van der Waals surface area contributed by atoms with Crippen LogP contribution in [0.4, 0.5) is 11.4 Å². The predicted octanol–water partition coefficient (Wildman–Crippen LogP) is 3.80. The van der Waals surface area contributed by atoms with E-state index in [1.807, 2.05) is 18.2 Å². The number of hydrogen-bond donors (Lipinski definition) is 2. The lowest BCUT2D eigenvalue weighted by molar-refractivity contribution is 0.101. The van der Waals surface area contributed by atoms with Gasteiger partial charge in [0.1, 0.15) is 0 Å². The largest absolute Gasteiger partial charge is 0.398 e.